The lowest BCUT2D eigenvalue weighted by Crippen LogP contribution is -2.44. The molecule has 0 amide bonds. The van der Waals surface area contributed by atoms with Gasteiger partial charge < -0.3 is 9.64 Å². The SMILES string of the molecule is O=C(OCc1ccccc1)[C@@H](CC1CCC1)N1C[C@H](CN2CCC(CCCc3ccc(F)c(F)c3)CC2)[C@@H](c2cccc(F)c2)C1. The first-order chi connectivity index (χ1) is 22.4. The van der Waals surface area contributed by atoms with Crippen molar-refractivity contribution in [3.05, 3.63) is 107 Å². The van der Waals surface area contributed by atoms with Crippen LogP contribution >= 0.6 is 0 Å². The largest absolute Gasteiger partial charge is 0.460 e. The molecule has 3 aromatic rings. The Labute approximate surface area is 271 Å². The molecule has 3 aromatic carbocycles. The van der Waals surface area contributed by atoms with Crippen molar-refractivity contribution in [2.24, 2.45) is 17.8 Å². The minimum atomic E-state index is -0.794. The lowest BCUT2D eigenvalue weighted by molar-refractivity contribution is -0.152. The molecule has 6 rings (SSSR count). The van der Waals surface area contributed by atoms with Crippen molar-refractivity contribution in [2.45, 2.75) is 76.4 Å². The van der Waals surface area contributed by atoms with Gasteiger partial charge in [-0.1, -0.05) is 74.2 Å². The van der Waals surface area contributed by atoms with Crippen LogP contribution in [0.3, 0.4) is 0 Å². The van der Waals surface area contributed by atoms with Gasteiger partial charge in [0.2, 0.25) is 0 Å². The number of ether oxygens (including phenoxy) is 1. The van der Waals surface area contributed by atoms with Crippen molar-refractivity contribution in [1.82, 2.24) is 9.80 Å². The van der Waals surface area contributed by atoms with Crippen LogP contribution in [-0.2, 0) is 22.6 Å². The molecule has 0 spiro atoms. The number of esters is 1. The van der Waals surface area contributed by atoms with Crippen LogP contribution < -0.4 is 0 Å². The minimum absolute atomic E-state index is 0.140. The first-order valence-electron chi connectivity index (χ1n) is 17.3. The molecular weight excluding hydrogens is 585 g/mol. The van der Waals surface area contributed by atoms with Crippen LogP contribution in [0.5, 0.6) is 0 Å². The van der Waals surface area contributed by atoms with E-state index < -0.39 is 11.6 Å². The highest BCUT2D eigenvalue weighted by atomic mass is 19.2. The second-order valence-corrected chi connectivity index (χ2v) is 13.9. The third-order valence-electron chi connectivity index (χ3n) is 10.7. The van der Waals surface area contributed by atoms with Crippen molar-refractivity contribution in [1.29, 1.82) is 0 Å². The van der Waals surface area contributed by atoms with Crippen molar-refractivity contribution in [3.63, 3.8) is 0 Å². The van der Waals surface area contributed by atoms with Gasteiger partial charge in [-0.25, -0.2) is 13.2 Å². The van der Waals surface area contributed by atoms with E-state index in [0.29, 0.717) is 11.8 Å². The second kappa shape index (κ2) is 15.6. The third kappa shape index (κ3) is 8.60. The smallest absolute Gasteiger partial charge is 0.323 e. The van der Waals surface area contributed by atoms with Gasteiger partial charge in [-0.3, -0.25) is 9.69 Å². The van der Waals surface area contributed by atoms with Gasteiger partial charge in [0.25, 0.3) is 0 Å². The number of likely N-dealkylation sites (tertiary alicyclic amines) is 2. The fraction of sp³-hybridized carbons (Fsp3) is 0.513. The second-order valence-electron chi connectivity index (χ2n) is 13.9. The number of aryl methyl sites for hydroxylation is 1. The number of halogens is 3. The van der Waals surface area contributed by atoms with Gasteiger partial charge in [-0.05, 0) is 104 Å². The Hall–Kier alpha value is -3.16. The molecule has 0 bridgehead atoms. The number of rotatable bonds is 13. The average molecular weight is 633 g/mol. The first kappa shape index (κ1) is 32.8. The molecule has 1 saturated carbocycles. The summed E-state index contributed by atoms with van der Waals surface area (Å²) in [6.07, 6.45) is 9.45. The van der Waals surface area contributed by atoms with Gasteiger partial charge in [0.1, 0.15) is 18.5 Å². The van der Waals surface area contributed by atoms with Crippen LogP contribution in [-0.4, -0.2) is 54.5 Å². The highest BCUT2D eigenvalue weighted by Gasteiger charge is 2.42. The normalized spacial score (nSPS) is 22.1. The summed E-state index contributed by atoms with van der Waals surface area (Å²) >= 11 is 0. The summed E-state index contributed by atoms with van der Waals surface area (Å²) in [7, 11) is 0. The fourth-order valence-corrected chi connectivity index (χ4v) is 7.80. The molecule has 2 aliphatic heterocycles. The number of piperidine rings is 1. The summed E-state index contributed by atoms with van der Waals surface area (Å²) in [5, 5.41) is 0. The molecule has 2 heterocycles. The summed E-state index contributed by atoms with van der Waals surface area (Å²) in [5.74, 6) is -0.295. The van der Waals surface area contributed by atoms with Gasteiger partial charge in [0.15, 0.2) is 11.6 Å². The van der Waals surface area contributed by atoms with Crippen LogP contribution in [0.1, 0.15) is 74.0 Å². The molecule has 246 valence electrons. The fourth-order valence-electron chi connectivity index (χ4n) is 7.80. The van der Waals surface area contributed by atoms with Crippen molar-refractivity contribution in [2.75, 3.05) is 32.7 Å². The Bertz CT molecular complexity index is 1420. The van der Waals surface area contributed by atoms with Crippen molar-refractivity contribution < 1.29 is 22.7 Å². The topological polar surface area (TPSA) is 32.8 Å². The van der Waals surface area contributed by atoms with Gasteiger partial charge in [0.05, 0.1) is 0 Å². The van der Waals surface area contributed by atoms with Crippen LogP contribution in [0.15, 0.2) is 72.8 Å². The standard InChI is InChI=1S/C39H47F3N2O2/c40-34-14-6-13-32(23-34)35-26-44(38(22-29-10-5-11-29)39(45)46-27-31-7-2-1-3-8-31)25-33(35)24-43-19-17-28(18-20-43)9-4-12-30-15-16-36(41)37(42)21-30/h1-3,6-8,13-16,21,23,28-29,33,35,38H,4-5,9-12,17-20,22,24-27H2/t33-,35+,38+/m0/s1. The molecule has 7 heteroatoms. The Morgan fingerprint density at radius 3 is 2.35 bits per heavy atom. The van der Waals surface area contributed by atoms with E-state index in [1.807, 2.05) is 36.4 Å². The van der Waals surface area contributed by atoms with E-state index >= 15 is 0 Å². The van der Waals surface area contributed by atoms with Crippen LogP contribution in [0, 0.1) is 35.2 Å². The molecule has 3 fully saturated rings. The molecule has 3 aliphatic rings. The van der Waals surface area contributed by atoms with Crippen molar-refractivity contribution in [3.8, 4) is 0 Å². The predicted molar refractivity (Wildman–Crippen MR) is 175 cm³/mol. The maximum atomic E-state index is 14.4. The summed E-state index contributed by atoms with van der Waals surface area (Å²) in [4.78, 5) is 18.5. The van der Waals surface area contributed by atoms with E-state index in [4.69, 9.17) is 4.74 Å². The number of benzene rings is 3. The quantitative estimate of drug-likeness (QED) is 0.178. The molecule has 2 saturated heterocycles. The van der Waals surface area contributed by atoms with Gasteiger partial charge in [0, 0.05) is 25.6 Å². The number of carbonyl (C=O) groups excluding carboxylic acids is 1. The maximum Gasteiger partial charge on any atom is 0.323 e. The highest BCUT2D eigenvalue weighted by Crippen LogP contribution is 2.39. The number of hydrogen-bond acceptors (Lipinski definition) is 4. The molecule has 3 atom stereocenters. The van der Waals surface area contributed by atoms with E-state index in [1.165, 1.54) is 37.5 Å². The molecule has 46 heavy (non-hydrogen) atoms. The minimum Gasteiger partial charge on any atom is -0.460 e. The van der Waals surface area contributed by atoms with E-state index in [1.54, 1.807) is 18.2 Å². The summed E-state index contributed by atoms with van der Waals surface area (Å²) in [6, 6.07) is 20.8. The zero-order valence-corrected chi connectivity index (χ0v) is 26.8. The van der Waals surface area contributed by atoms with Crippen LogP contribution in [0.2, 0.25) is 0 Å². The highest BCUT2D eigenvalue weighted by molar-refractivity contribution is 5.76. The molecule has 0 radical (unpaired) electrons. The van der Waals surface area contributed by atoms with Gasteiger partial charge >= 0.3 is 5.97 Å². The van der Waals surface area contributed by atoms with Gasteiger partial charge in [-0.2, -0.15) is 0 Å². The van der Waals surface area contributed by atoms with Gasteiger partial charge in [-0.15, -0.1) is 0 Å². The maximum absolute atomic E-state index is 14.4. The molecular formula is C39H47F3N2O2. The third-order valence-corrected chi connectivity index (χ3v) is 10.7. The Morgan fingerprint density at radius 2 is 1.63 bits per heavy atom. The lowest BCUT2D eigenvalue weighted by atomic mass is 9.80. The Kier molecular flexibility index (Phi) is 11.1. The Balaban J connectivity index is 1.07. The first-order valence-corrected chi connectivity index (χ1v) is 17.3. The number of hydrogen-bond donors (Lipinski definition) is 0. The van der Waals surface area contributed by atoms with Crippen LogP contribution in [0.4, 0.5) is 13.2 Å². The summed E-state index contributed by atoms with van der Waals surface area (Å²) < 4.78 is 47.2. The Morgan fingerprint density at radius 1 is 0.826 bits per heavy atom. The van der Waals surface area contributed by atoms with E-state index in [-0.39, 0.29) is 36.3 Å². The average Bonchev–Trinajstić information content (AvgIpc) is 3.45. The molecule has 4 nitrogen and oxygen atoms in total. The summed E-state index contributed by atoms with van der Waals surface area (Å²) in [5.41, 5.74) is 2.85. The lowest BCUT2D eigenvalue weighted by Gasteiger charge is -2.35. The monoisotopic (exact) mass is 632 g/mol. The predicted octanol–water partition coefficient (Wildman–Crippen LogP) is 8.16. The van der Waals surface area contributed by atoms with E-state index in [0.717, 1.165) is 87.9 Å². The van der Waals surface area contributed by atoms with Crippen molar-refractivity contribution >= 4 is 5.97 Å². The van der Waals surface area contributed by atoms with E-state index in [2.05, 4.69) is 9.80 Å². The van der Waals surface area contributed by atoms with E-state index in [9.17, 15) is 18.0 Å². The number of nitrogens with zero attached hydrogens (tertiary/aromatic N) is 2. The zero-order chi connectivity index (χ0) is 31.9. The molecule has 0 N–H and O–H groups in total. The zero-order valence-electron chi connectivity index (χ0n) is 26.8. The van der Waals surface area contributed by atoms with Crippen LogP contribution in [0.25, 0.3) is 0 Å². The summed E-state index contributed by atoms with van der Waals surface area (Å²) in [6.45, 7) is 4.77. The molecule has 0 aromatic heterocycles. The molecule has 0 unspecified atom stereocenters. The molecule has 1 aliphatic carbocycles. The number of carbonyl (C=O) groups is 1.